The Balaban J connectivity index is 0.000000207. The van der Waals surface area contributed by atoms with E-state index < -0.39 is 0 Å². The van der Waals surface area contributed by atoms with E-state index in [4.69, 9.17) is 5.11 Å². The molecule has 0 unspecified atom stereocenters. The minimum absolute atomic E-state index is 0.0833. The molecule has 0 atom stereocenters. The van der Waals surface area contributed by atoms with E-state index in [0.29, 0.717) is 0 Å². The smallest absolute Gasteiger partial charge is 0.0542 e. The second kappa shape index (κ2) is 6.62. The van der Waals surface area contributed by atoms with Crippen molar-refractivity contribution in [3.8, 4) is 0 Å². The Kier molecular flexibility index (Phi) is 6.57. The van der Waals surface area contributed by atoms with Crippen LogP contribution in [0.3, 0.4) is 0 Å². The van der Waals surface area contributed by atoms with Crippen LogP contribution in [-0.4, -0.2) is 36.2 Å². The number of hydrogen-bond donors (Lipinski definition) is 1. The van der Waals surface area contributed by atoms with Gasteiger partial charge in [0.25, 0.3) is 0 Å². The molecule has 0 aliphatic heterocycles. The number of rotatable bonds is 3. The Labute approximate surface area is 70.2 Å². The van der Waals surface area contributed by atoms with Gasteiger partial charge in [-0.25, -0.2) is 0 Å². The minimum Gasteiger partial charge on any atom is -0.393 e. The second-order valence-electron chi connectivity index (χ2n) is 3.13. The van der Waals surface area contributed by atoms with Crippen molar-refractivity contribution in [2.75, 3.05) is 20.1 Å². The molecule has 0 amide bonds. The highest BCUT2D eigenvalue weighted by molar-refractivity contribution is 4.68. The number of aliphatic hydroxyl groups excluding tert-OH is 1. The zero-order valence-corrected chi connectivity index (χ0v) is 8.01. The van der Waals surface area contributed by atoms with Crippen molar-refractivity contribution < 1.29 is 5.11 Å². The van der Waals surface area contributed by atoms with Crippen LogP contribution in [0, 0.1) is 0 Å². The second-order valence-corrected chi connectivity index (χ2v) is 3.13. The van der Waals surface area contributed by atoms with Crippen LogP contribution in [0.2, 0.25) is 0 Å². The lowest BCUT2D eigenvalue weighted by molar-refractivity contribution is 0.279. The summed E-state index contributed by atoms with van der Waals surface area (Å²) in [5.41, 5.74) is 0. The summed E-state index contributed by atoms with van der Waals surface area (Å²) in [6.07, 6.45) is 3.43. The topological polar surface area (TPSA) is 23.5 Å². The van der Waals surface area contributed by atoms with Crippen molar-refractivity contribution in [3.05, 3.63) is 0 Å². The van der Waals surface area contributed by atoms with Crippen LogP contribution in [0.15, 0.2) is 0 Å². The summed E-state index contributed by atoms with van der Waals surface area (Å²) in [5.74, 6) is 0. The van der Waals surface area contributed by atoms with Crippen LogP contribution < -0.4 is 0 Å². The molecule has 11 heavy (non-hydrogen) atoms. The van der Waals surface area contributed by atoms with Gasteiger partial charge in [0, 0.05) is 0 Å². The molecule has 0 spiro atoms. The summed E-state index contributed by atoms with van der Waals surface area (Å²) in [6.45, 7) is 6.78. The number of nitrogens with zero attached hydrogens (tertiary/aromatic N) is 1. The fourth-order valence-electron chi connectivity index (χ4n) is 0.614. The third-order valence-corrected chi connectivity index (χ3v) is 1.69. The lowest BCUT2D eigenvalue weighted by atomic mass is 10.4. The quantitative estimate of drug-likeness (QED) is 0.674. The maximum Gasteiger partial charge on any atom is 0.0542 e. The highest BCUT2D eigenvalue weighted by Crippen LogP contribution is 2.16. The first-order chi connectivity index (χ1) is 5.20. The number of aliphatic hydroxyl groups is 1. The van der Waals surface area contributed by atoms with E-state index in [0.717, 1.165) is 12.8 Å². The van der Waals surface area contributed by atoms with Crippen LogP contribution in [0.1, 0.15) is 33.1 Å². The van der Waals surface area contributed by atoms with Crippen LogP contribution in [0.4, 0.5) is 0 Å². The van der Waals surface area contributed by atoms with Crippen molar-refractivity contribution >= 4 is 0 Å². The first kappa shape index (κ1) is 10.9. The van der Waals surface area contributed by atoms with Gasteiger partial charge >= 0.3 is 0 Å². The van der Waals surface area contributed by atoms with Gasteiger partial charge in [-0.3, -0.25) is 0 Å². The Morgan fingerprint density at radius 2 is 1.82 bits per heavy atom. The van der Waals surface area contributed by atoms with Crippen LogP contribution >= 0.6 is 0 Å². The molecule has 1 aliphatic rings. The lowest BCUT2D eigenvalue weighted by Crippen LogP contribution is -2.17. The molecule has 1 fully saturated rings. The normalized spacial score (nSPS) is 16.1. The fourth-order valence-corrected chi connectivity index (χ4v) is 0.614. The molecule has 2 nitrogen and oxygen atoms in total. The molecule has 1 aliphatic carbocycles. The van der Waals surface area contributed by atoms with Gasteiger partial charge in [-0.05, 0) is 39.4 Å². The van der Waals surface area contributed by atoms with Gasteiger partial charge in [-0.1, -0.05) is 13.8 Å². The molecule has 0 aromatic heterocycles. The molecule has 1 rings (SSSR count). The molecule has 2 heteroatoms. The van der Waals surface area contributed by atoms with Crippen LogP contribution in [0.25, 0.3) is 0 Å². The molecule has 1 N–H and O–H groups in total. The zero-order chi connectivity index (χ0) is 8.69. The average molecular weight is 159 g/mol. The van der Waals surface area contributed by atoms with E-state index in [1.54, 1.807) is 0 Å². The average Bonchev–Trinajstić information content (AvgIpc) is 2.74. The Hall–Kier alpha value is -0.0800. The lowest BCUT2D eigenvalue weighted by Gasteiger charge is -2.10. The Bertz CT molecular complexity index is 81.6. The molecule has 0 radical (unpaired) electrons. The van der Waals surface area contributed by atoms with Gasteiger partial charge in [0.2, 0.25) is 0 Å². The first-order valence-electron chi connectivity index (χ1n) is 4.57. The first-order valence-corrected chi connectivity index (χ1v) is 4.57. The van der Waals surface area contributed by atoms with Crippen molar-refractivity contribution in [3.63, 3.8) is 0 Å². The Morgan fingerprint density at radius 3 is 1.91 bits per heavy atom. The van der Waals surface area contributed by atoms with Crippen molar-refractivity contribution in [1.29, 1.82) is 0 Å². The maximum absolute atomic E-state index is 8.17. The SMILES string of the molecule is CCCN(C)CC.OC1CC1. The molecule has 0 heterocycles. The summed E-state index contributed by atoms with van der Waals surface area (Å²) in [4.78, 5) is 2.31. The predicted octanol–water partition coefficient (Wildman–Crippen LogP) is 1.49. The summed E-state index contributed by atoms with van der Waals surface area (Å²) in [7, 11) is 2.14. The van der Waals surface area contributed by atoms with Gasteiger partial charge in [-0.2, -0.15) is 0 Å². The number of hydrogen-bond acceptors (Lipinski definition) is 2. The largest absolute Gasteiger partial charge is 0.393 e. The predicted molar refractivity (Wildman–Crippen MR) is 48.7 cm³/mol. The molecule has 0 aromatic rings. The van der Waals surface area contributed by atoms with E-state index in [9.17, 15) is 0 Å². The molecule has 0 aromatic carbocycles. The molecular weight excluding hydrogens is 138 g/mol. The van der Waals surface area contributed by atoms with Gasteiger partial charge in [0.1, 0.15) is 0 Å². The van der Waals surface area contributed by atoms with Gasteiger partial charge < -0.3 is 10.0 Å². The van der Waals surface area contributed by atoms with Crippen LogP contribution in [-0.2, 0) is 0 Å². The summed E-state index contributed by atoms with van der Waals surface area (Å²) < 4.78 is 0. The zero-order valence-electron chi connectivity index (χ0n) is 8.01. The van der Waals surface area contributed by atoms with Gasteiger partial charge in [0.05, 0.1) is 6.10 Å². The van der Waals surface area contributed by atoms with Crippen molar-refractivity contribution in [1.82, 2.24) is 4.90 Å². The third kappa shape index (κ3) is 9.92. The molecular formula is C9H21NO. The fraction of sp³-hybridized carbons (Fsp3) is 1.00. The van der Waals surface area contributed by atoms with Crippen LogP contribution in [0.5, 0.6) is 0 Å². The highest BCUT2D eigenvalue weighted by atomic mass is 16.3. The van der Waals surface area contributed by atoms with Gasteiger partial charge in [-0.15, -0.1) is 0 Å². The molecule has 1 saturated carbocycles. The maximum atomic E-state index is 8.17. The summed E-state index contributed by atoms with van der Waals surface area (Å²) in [6, 6.07) is 0. The summed E-state index contributed by atoms with van der Waals surface area (Å²) >= 11 is 0. The molecule has 0 bridgehead atoms. The minimum atomic E-state index is 0.0833. The third-order valence-electron chi connectivity index (χ3n) is 1.69. The highest BCUT2D eigenvalue weighted by Gasteiger charge is 2.15. The van der Waals surface area contributed by atoms with E-state index in [1.165, 1.54) is 19.5 Å². The van der Waals surface area contributed by atoms with E-state index >= 15 is 0 Å². The Morgan fingerprint density at radius 1 is 1.36 bits per heavy atom. The van der Waals surface area contributed by atoms with Crippen molar-refractivity contribution in [2.24, 2.45) is 0 Å². The standard InChI is InChI=1S/C6H15N.C3H6O/c1-4-6-7(3)5-2;4-3-1-2-3/h4-6H2,1-3H3;3-4H,1-2H2. The van der Waals surface area contributed by atoms with Gasteiger partial charge in [0.15, 0.2) is 0 Å². The summed E-state index contributed by atoms with van der Waals surface area (Å²) in [5, 5.41) is 8.17. The molecule has 68 valence electrons. The van der Waals surface area contributed by atoms with E-state index in [1.807, 2.05) is 0 Å². The molecule has 0 saturated heterocycles. The van der Waals surface area contributed by atoms with Crippen molar-refractivity contribution in [2.45, 2.75) is 39.2 Å². The monoisotopic (exact) mass is 159 g/mol. The van der Waals surface area contributed by atoms with E-state index in [-0.39, 0.29) is 6.10 Å². The van der Waals surface area contributed by atoms with E-state index in [2.05, 4.69) is 25.8 Å².